The van der Waals surface area contributed by atoms with Crippen LogP contribution in [0.1, 0.15) is 11.1 Å². The lowest BCUT2D eigenvalue weighted by Crippen LogP contribution is -1.80. The van der Waals surface area contributed by atoms with Gasteiger partial charge in [-0.05, 0) is 24.3 Å². The molecule has 0 atom stereocenters. The van der Waals surface area contributed by atoms with Crippen LogP contribution in [0.5, 0.6) is 0 Å². The first-order chi connectivity index (χ1) is 9.17. The Labute approximate surface area is 137 Å². The first kappa shape index (κ1) is 13.7. The van der Waals surface area contributed by atoms with E-state index >= 15 is 0 Å². The predicted octanol–water partition coefficient (Wildman–Crippen LogP) is 6.68. The fraction of sp³-hybridized carbons (Fsp3) is 0.143. The van der Waals surface area contributed by atoms with Crippen molar-refractivity contribution in [2.75, 3.05) is 0 Å². The van der Waals surface area contributed by atoms with Crippen LogP contribution in [0.2, 0.25) is 10.0 Å². The van der Waals surface area contributed by atoms with Crippen molar-refractivity contribution < 1.29 is 4.42 Å². The highest BCUT2D eigenvalue weighted by atomic mass is 79.9. The van der Waals surface area contributed by atoms with Crippen molar-refractivity contribution in [3.63, 3.8) is 0 Å². The number of hydrogen-bond acceptors (Lipinski definition) is 1. The first-order valence-electron chi connectivity index (χ1n) is 5.60. The van der Waals surface area contributed by atoms with Crippen LogP contribution in [0, 0.1) is 0 Å². The Morgan fingerprint density at radius 3 is 1.58 bits per heavy atom. The van der Waals surface area contributed by atoms with Gasteiger partial charge in [-0.15, -0.1) is 0 Å². The van der Waals surface area contributed by atoms with Crippen molar-refractivity contribution in [2.45, 2.75) is 10.7 Å². The lowest BCUT2D eigenvalue weighted by Gasteiger charge is -1.99. The Morgan fingerprint density at radius 2 is 1.21 bits per heavy atom. The molecule has 0 aliphatic rings. The molecule has 0 bridgehead atoms. The average molecular weight is 423 g/mol. The minimum atomic E-state index is 0.653. The number of alkyl halides is 2. The van der Waals surface area contributed by atoms with E-state index in [0.29, 0.717) is 20.7 Å². The van der Waals surface area contributed by atoms with Gasteiger partial charge in [-0.3, -0.25) is 0 Å². The van der Waals surface area contributed by atoms with Crippen molar-refractivity contribution >= 4 is 77.0 Å². The highest BCUT2D eigenvalue weighted by molar-refractivity contribution is 9.08. The largest absolute Gasteiger partial charge is 0.455 e. The number of benzene rings is 2. The van der Waals surface area contributed by atoms with Gasteiger partial charge in [0.25, 0.3) is 0 Å². The number of fused-ring (bicyclic) bond motifs is 3. The molecule has 0 saturated heterocycles. The van der Waals surface area contributed by atoms with E-state index in [2.05, 4.69) is 31.9 Å². The molecule has 0 aliphatic heterocycles. The molecule has 3 aromatic rings. The zero-order chi connectivity index (χ0) is 13.6. The maximum atomic E-state index is 6.21. The molecule has 98 valence electrons. The number of rotatable bonds is 2. The van der Waals surface area contributed by atoms with Gasteiger partial charge in [-0.25, -0.2) is 0 Å². The molecule has 0 unspecified atom stereocenters. The van der Waals surface area contributed by atoms with Crippen molar-refractivity contribution in [1.82, 2.24) is 0 Å². The summed E-state index contributed by atoms with van der Waals surface area (Å²) in [6.45, 7) is 0. The van der Waals surface area contributed by atoms with Crippen LogP contribution >= 0.6 is 55.1 Å². The summed E-state index contributed by atoms with van der Waals surface area (Å²) in [5.41, 5.74) is 3.58. The molecule has 0 aliphatic carbocycles. The second-order valence-corrected chi connectivity index (χ2v) is 6.11. The Balaban J connectivity index is 2.51. The van der Waals surface area contributed by atoms with Gasteiger partial charge in [0.05, 0.1) is 0 Å². The van der Waals surface area contributed by atoms with Crippen LogP contribution in [0.4, 0.5) is 0 Å². The van der Waals surface area contributed by atoms with Crippen molar-refractivity contribution in [3.8, 4) is 0 Å². The fourth-order valence-electron chi connectivity index (χ4n) is 2.22. The molecule has 2 aromatic carbocycles. The SMILES string of the molecule is Clc1ccc2c(oc3c(CBr)c(Cl)ccc32)c1CBr. The third kappa shape index (κ3) is 2.11. The molecule has 0 N–H and O–H groups in total. The molecule has 0 radical (unpaired) electrons. The van der Waals surface area contributed by atoms with Gasteiger partial charge in [-0.2, -0.15) is 0 Å². The first-order valence-corrected chi connectivity index (χ1v) is 8.60. The normalized spacial score (nSPS) is 11.6. The van der Waals surface area contributed by atoms with Gasteiger partial charge >= 0.3 is 0 Å². The molecule has 3 rings (SSSR count). The molecule has 0 spiro atoms. The Hall–Kier alpha value is -0.220. The van der Waals surface area contributed by atoms with Gasteiger partial charge in [-0.1, -0.05) is 55.1 Å². The van der Waals surface area contributed by atoms with E-state index in [9.17, 15) is 0 Å². The summed E-state index contributed by atoms with van der Waals surface area (Å²) in [6, 6.07) is 7.78. The lowest BCUT2D eigenvalue weighted by atomic mass is 10.1. The Bertz CT molecular complexity index is 716. The number of hydrogen-bond donors (Lipinski definition) is 0. The van der Waals surface area contributed by atoms with Crippen LogP contribution in [0.15, 0.2) is 28.7 Å². The molecule has 0 fully saturated rings. The second kappa shape index (κ2) is 5.28. The summed E-state index contributed by atoms with van der Waals surface area (Å²) < 4.78 is 6.03. The predicted molar refractivity (Wildman–Crippen MR) is 89.0 cm³/mol. The molecule has 1 aromatic heterocycles. The molecule has 0 amide bonds. The highest BCUT2D eigenvalue weighted by Gasteiger charge is 2.16. The van der Waals surface area contributed by atoms with Crippen LogP contribution < -0.4 is 0 Å². The minimum absolute atomic E-state index is 0.653. The van der Waals surface area contributed by atoms with Gasteiger partial charge in [0.15, 0.2) is 0 Å². The van der Waals surface area contributed by atoms with E-state index in [1.807, 2.05) is 24.3 Å². The summed E-state index contributed by atoms with van der Waals surface area (Å²) in [5, 5.41) is 4.84. The lowest BCUT2D eigenvalue weighted by molar-refractivity contribution is 0.662. The van der Waals surface area contributed by atoms with Crippen LogP contribution in [-0.4, -0.2) is 0 Å². The quantitative estimate of drug-likeness (QED) is 0.419. The van der Waals surface area contributed by atoms with Crippen molar-refractivity contribution in [2.24, 2.45) is 0 Å². The zero-order valence-corrected chi connectivity index (χ0v) is 14.3. The van der Waals surface area contributed by atoms with Gasteiger partial charge in [0.2, 0.25) is 0 Å². The van der Waals surface area contributed by atoms with Gasteiger partial charge < -0.3 is 4.42 Å². The summed E-state index contributed by atoms with van der Waals surface area (Å²) in [4.78, 5) is 0. The molecule has 0 saturated carbocycles. The van der Waals surface area contributed by atoms with Gasteiger partial charge in [0, 0.05) is 42.6 Å². The Kier molecular flexibility index (Phi) is 3.82. The number of furan rings is 1. The smallest absolute Gasteiger partial charge is 0.140 e. The standard InChI is InChI=1S/C14H8Br2Cl2O/c15-5-9-11(17)3-1-7-8-2-4-12(18)10(6-16)14(8)19-13(7)9/h1-4H,5-6H2. The molecular formula is C14H8Br2Cl2O. The Morgan fingerprint density at radius 1 is 0.789 bits per heavy atom. The van der Waals surface area contributed by atoms with E-state index < -0.39 is 0 Å². The van der Waals surface area contributed by atoms with Crippen LogP contribution in [0.25, 0.3) is 21.9 Å². The van der Waals surface area contributed by atoms with E-state index in [-0.39, 0.29) is 0 Å². The van der Waals surface area contributed by atoms with Crippen molar-refractivity contribution in [1.29, 1.82) is 0 Å². The average Bonchev–Trinajstić information content (AvgIpc) is 2.77. The maximum absolute atomic E-state index is 6.21. The number of halogens is 4. The highest BCUT2D eigenvalue weighted by Crippen LogP contribution is 2.39. The third-order valence-corrected chi connectivity index (χ3v) is 5.00. The summed E-state index contributed by atoms with van der Waals surface area (Å²) >= 11 is 19.3. The maximum Gasteiger partial charge on any atom is 0.140 e. The van der Waals surface area contributed by atoms with E-state index in [0.717, 1.165) is 33.1 Å². The second-order valence-electron chi connectivity index (χ2n) is 4.17. The molecule has 1 nitrogen and oxygen atoms in total. The summed E-state index contributed by atoms with van der Waals surface area (Å²) in [6.07, 6.45) is 0. The monoisotopic (exact) mass is 420 g/mol. The van der Waals surface area contributed by atoms with Crippen molar-refractivity contribution in [3.05, 3.63) is 45.4 Å². The van der Waals surface area contributed by atoms with E-state index in [4.69, 9.17) is 27.6 Å². The molecule has 5 heteroatoms. The molecule has 1 heterocycles. The minimum Gasteiger partial charge on any atom is -0.455 e. The molecular weight excluding hydrogens is 415 g/mol. The van der Waals surface area contributed by atoms with Gasteiger partial charge in [0.1, 0.15) is 11.2 Å². The third-order valence-electron chi connectivity index (χ3n) is 3.17. The molecule has 19 heavy (non-hydrogen) atoms. The summed E-state index contributed by atoms with van der Waals surface area (Å²) in [5.74, 6) is 0. The van der Waals surface area contributed by atoms with E-state index in [1.165, 1.54) is 0 Å². The topological polar surface area (TPSA) is 13.1 Å². The van der Waals surface area contributed by atoms with Crippen LogP contribution in [-0.2, 0) is 10.7 Å². The van der Waals surface area contributed by atoms with E-state index in [1.54, 1.807) is 0 Å². The van der Waals surface area contributed by atoms with Crippen LogP contribution in [0.3, 0.4) is 0 Å². The fourth-order valence-corrected chi connectivity index (χ4v) is 4.08. The summed E-state index contributed by atoms with van der Waals surface area (Å²) in [7, 11) is 0. The zero-order valence-electron chi connectivity index (χ0n) is 9.64.